The molecule has 2 aliphatic heterocycles. The lowest BCUT2D eigenvalue weighted by atomic mass is 10.1. The van der Waals surface area contributed by atoms with Gasteiger partial charge in [0.1, 0.15) is 0 Å². The van der Waals surface area contributed by atoms with Crippen molar-refractivity contribution < 1.29 is 17.9 Å². The van der Waals surface area contributed by atoms with Gasteiger partial charge in [-0.25, -0.2) is 8.42 Å². The van der Waals surface area contributed by atoms with Gasteiger partial charge in [-0.3, -0.25) is 9.69 Å². The highest BCUT2D eigenvalue weighted by Crippen LogP contribution is 2.19. The maximum absolute atomic E-state index is 11.8. The van der Waals surface area contributed by atoms with Gasteiger partial charge in [0.05, 0.1) is 30.8 Å². The Morgan fingerprint density at radius 2 is 2.00 bits per heavy atom. The average molecular weight is 276 g/mol. The van der Waals surface area contributed by atoms with Crippen molar-refractivity contribution >= 4 is 15.7 Å². The van der Waals surface area contributed by atoms with Crippen molar-refractivity contribution in [3.8, 4) is 0 Å². The molecule has 1 amide bonds. The minimum Gasteiger partial charge on any atom is -0.379 e. The summed E-state index contributed by atoms with van der Waals surface area (Å²) in [6, 6.07) is -0.380. The van der Waals surface area contributed by atoms with Crippen molar-refractivity contribution in [2.45, 2.75) is 25.4 Å². The molecule has 2 heterocycles. The summed E-state index contributed by atoms with van der Waals surface area (Å²) in [6.45, 7) is 4.50. The molecule has 0 aromatic heterocycles. The molecule has 0 radical (unpaired) electrons. The highest BCUT2D eigenvalue weighted by Gasteiger charge is 2.41. The molecule has 0 aliphatic carbocycles. The van der Waals surface area contributed by atoms with Crippen molar-refractivity contribution in [1.82, 2.24) is 10.2 Å². The third-order valence-corrected chi connectivity index (χ3v) is 5.22. The van der Waals surface area contributed by atoms with Gasteiger partial charge < -0.3 is 10.1 Å². The molecule has 2 rings (SSSR count). The molecule has 18 heavy (non-hydrogen) atoms. The largest absolute Gasteiger partial charge is 0.379 e. The molecular weight excluding hydrogens is 256 g/mol. The number of nitrogens with one attached hydrogen (secondary N) is 1. The van der Waals surface area contributed by atoms with Crippen molar-refractivity contribution in [3.05, 3.63) is 0 Å². The molecule has 1 N–H and O–H groups in total. The molecule has 2 saturated heterocycles. The van der Waals surface area contributed by atoms with E-state index >= 15 is 0 Å². The van der Waals surface area contributed by atoms with Gasteiger partial charge in [0, 0.05) is 25.6 Å². The number of morpholine rings is 1. The zero-order valence-corrected chi connectivity index (χ0v) is 11.4. The summed E-state index contributed by atoms with van der Waals surface area (Å²) in [5.74, 6) is 0.109. The molecule has 0 aromatic carbocycles. The van der Waals surface area contributed by atoms with E-state index < -0.39 is 9.84 Å². The van der Waals surface area contributed by atoms with Crippen LogP contribution >= 0.6 is 0 Å². The van der Waals surface area contributed by atoms with Gasteiger partial charge in [0.25, 0.3) is 0 Å². The highest BCUT2D eigenvalue weighted by atomic mass is 32.2. The summed E-state index contributed by atoms with van der Waals surface area (Å²) < 4.78 is 28.8. The van der Waals surface area contributed by atoms with Crippen LogP contribution in [0.25, 0.3) is 0 Å². The van der Waals surface area contributed by atoms with E-state index in [0.29, 0.717) is 19.6 Å². The Bertz CT molecular complexity index is 403. The molecule has 0 aromatic rings. The Balaban J connectivity index is 2.07. The number of carbonyl (C=O) groups excluding carboxylic acids is 1. The molecule has 0 bridgehead atoms. The fraction of sp³-hybridized carbons (Fsp3) is 0.909. The number of hydrogen-bond donors (Lipinski definition) is 1. The monoisotopic (exact) mass is 276 g/mol. The maximum Gasteiger partial charge on any atom is 0.220 e. The predicted octanol–water partition coefficient (Wildman–Crippen LogP) is -0.990. The highest BCUT2D eigenvalue weighted by molar-refractivity contribution is 7.91. The topological polar surface area (TPSA) is 75.7 Å². The number of ether oxygens (including phenoxy) is 1. The number of nitrogens with zero attached hydrogens (tertiary/aromatic N) is 1. The second-order valence-corrected chi connectivity index (χ2v) is 6.97. The molecule has 2 atom stereocenters. The first kappa shape index (κ1) is 13.8. The minimum atomic E-state index is -3.05. The van der Waals surface area contributed by atoms with E-state index in [2.05, 4.69) is 10.2 Å². The smallest absolute Gasteiger partial charge is 0.220 e. The summed E-state index contributed by atoms with van der Waals surface area (Å²) in [6.07, 6.45) is 0.381. The van der Waals surface area contributed by atoms with Crippen molar-refractivity contribution in [3.63, 3.8) is 0 Å². The van der Waals surface area contributed by atoms with Gasteiger partial charge in [0.15, 0.2) is 9.84 Å². The van der Waals surface area contributed by atoms with Gasteiger partial charge in [0.2, 0.25) is 5.91 Å². The molecule has 0 saturated carbocycles. The van der Waals surface area contributed by atoms with E-state index in [1.165, 1.54) is 0 Å². The summed E-state index contributed by atoms with van der Waals surface area (Å²) in [7, 11) is -3.05. The normalized spacial score (nSPS) is 32.3. The molecule has 6 nitrogen and oxygen atoms in total. The van der Waals surface area contributed by atoms with Crippen LogP contribution in [0, 0.1) is 0 Å². The van der Waals surface area contributed by atoms with E-state index in [9.17, 15) is 13.2 Å². The van der Waals surface area contributed by atoms with E-state index in [4.69, 9.17) is 4.74 Å². The number of sulfone groups is 1. The van der Waals surface area contributed by atoms with E-state index in [1.807, 2.05) is 0 Å². The minimum absolute atomic E-state index is 0.0563. The Labute approximate surface area is 108 Å². The van der Waals surface area contributed by atoms with Crippen molar-refractivity contribution in [1.29, 1.82) is 0 Å². The summed E-state index contributed by atoms with van der Waals surface area (Å²) in [5.41, 5.74) is 0. The summed E-state index contributed by atoms with van der Waals surface area (Å²) >= 11 is 0. The van der Waals surface area contributed by atoms with Crippen LogP contribution in [0.3, 0.4) is 0 Å². The Morgan fingerprint density at radius 3 is 2.61 bits per heavy atom. The fourth-order valence-corrected chi connectivity index (χ4v) is 4.50. The zero-order valence-electron chi connectivity index (χ0n) is 10.6. The van der Waals surface area contributed by atoms with E-state index in [-0.39, 0.29) is 29.5 Å². The number of rotatable bonds is 3. The second kappa shape index (κ2) is 5.54. The molecule has 7 heteroatoms. The van der Waals surface area contributed by atoms with Gasteiger partial charge in [-0.2, -0.15) is 0 Å². The number of carbonyl (C=O) groups is 1. The zero-order chi connectivity index (χ0) is 13.2. The van der Waals surface area contributed by atoms with Crippen LogP contribution in [0.15, 0.2) is 0 Å². The van der Waals surface area contributed by atoms with Crippen molar-refractivity contribution in [2.24, 2.45) is 0 Å². The first-order valence-electron chi connectivity index (χ1n) is 6.33. The SMILES string of the molecule is CCC(=O)N[C@@H]1CS(=O)(=O)C[C@H]1N1CCOCC1. The van der Waals surface area contributed by atoms with Crippen molar-refractivity contribution in [2.75, 3.05) is 37.8 Å². The lowest BCUT2D eigenvalue weighted by Crippen LogP contribution is -2.54. The number of hydrogen-bond acceptors (Lipinski definition) is 5. The Hall–Kier alpha value is -0.660. The van der Waals surface area contributed by atoms with Crippen LogP contribution in [0.5, 0.6) is 0 Å². The van der Waals surface area contributed by atoms with Crippen LogP contribution in [0.4, 0.5) is 0 Å². The molecule has 0 unspecified atom stereocenters. The summed E-state index contributed by atoms with van der Waals surface area (Å²) in [5, 5.41) is 2.83. The van der Waals surface area contributed by atoms with Gasteiger partial charge in [-0.15, -0.1) is 0 Å². The first-order valence-corrected chi connectivity index (χ1v) is 8.15. The van der Waals surface area contributed by atoms with Gasteiger partial charge >= 0.3 is 0 Å². The fourth-order valence-electron chi connectivity index (χ4n) is 2.54. The number of amides is 1. The lowest BCUT2D eigenvalue weighted by Gasteiger charge is -2.34. The van der Waals surface area contributed by atoms with Crippen LogP contribution in [0.1, 0.15) is 13.3 Å². The standard InChI is InChI=1S/C11H20N2O4S/c1-2-11(14)12-9-7-18(15,16)8-10(9)13-3-5-17-6-4-13/h9-10H,2-8H2,1H3,(H,12,14)/t9-,10-/m1/s1. The lowest BCUT2D eigenvalue weighted by molar-refractivity contribution is -0.121. The van der Waals surface area contributed by atoms with Crippen LogP contribution in [0.2, 0.25) is 0 Å². The third-order valence-electron chi connectivity index (χ3n) is 3.50. The Kier molecular flexibility index (Phi) is 4.24. The van der Waals surface area contributed by atoms with Crippen LogP contribution in [-0.4, -0.2) is 69.1 Å². The van der Waals surface area contributed by atoms with Crippen LogP contribution < -0.4 is 5.32 Å². The molecule has 2 aliphatic rings. The predicted molar refractivity (Wildman–Crippen MR) is 67.1 cm³/mol. The van der Waals surface area contributed by atoms with Crippen LogP contribution in [-0.2, 0) is 19.4 Å². The molecule has 2 fully saturated rings. The van der Waals surface area contributed by atoms with E-state index in [1.54, 1.807) is 6.92 Å². The average Bonchev–Trinajstić information content (AvgIpc) is 2.65. The van der Waals surface area contributed by atoms with Gasteiger partial charge in [-0.1, -0.05) is 6.92 Å². The summed E-state index contributed by atoms with van der Waals surface area (Å²) in [4.78, 5) is 13.6. The second-order valence-electron chi connectivity index (χ2n) is 4.82. The van der Waals surface area contributed by atoms with E-state index in [0.717, 1.165) is 13.1 Å². The molecular formula is C11H20N2O4S. The van der Waals surface area contributed by atoms with Gasteiger partial charge in [-0.05, 0) is 0 Å². The quantitative estimate of drug-likeness (QED) is 0.716. The first-order chi connectivity index (χ1) is 8.52. The molecule has 0 spiro atoms. The third kappa shape index (κ3) is 3.21. The Morgan fingerprint density at radius 1 is 1.33 bits per heavy atom. The molecule has 104 valence electrons. The maximum atomic E-state index is 11.8.